The van der Waals surface area contributed by atoms with E-state index in [0.29, 0.717) is 18.8 Å². The highest BCUT2D eigenvalue weighted by molar-refractivity contribution is 7.92. The van der Waals surface area contributed by atoms with Crippen LogP contribution in [0.15, 0.2) is 71.9 Å². The van der Waals surface area contributed by atoms with Gasteiger partial charge in [-0.25, -0.2) is 8.42 Å². The number of nitrogens with zero attached hydrogens (tertiary/aromatic N) is 2. The maximum atomic E-state index is 13.3. The summed E-state index contributed by atoms with van der Waals surface area (Å²) in [6.07, 6.45) is 0.0608. The molecule has 0 spiro atoms. The lowest BCUT2D eigenvalue weighted by atomic mass is 10.2. The third-order valence-electron chi connectivity index (χ3n) is 5.32. The van der Waals surface area contributed by atoms with Crippen LogP contribution in [0.1, 0.15) is 28.8 Å². The molecule has 0 atom stereocenters. The normalized spacial score (nSPS) is 14.1. The van der Waals surface area contributed by atoms with E-state index in [2.05, 4.69) is 15.0 Å². The van der Waals surface area contributed by atoms with Gasteiger partial charge in [0.1, 0.15) is 4.90 Å². The number of nitrogens with one attached hydrogen (secondary N) is 2. The van der Waals surface area contributed by atoms with Crippen LogP contribution >= 0.6 is 0 Å². The fourth-order valence-electron chi connectivity index (χ4n) is 3.70. The van der Waals surface area contributed by atoms with Gasteiger partial charge in [-0.05, 0) is 61.4 Å². The summed E-state index contributed by atoms with van der Waals surface area (Å²) in [5.74, 6) is -0.476. The van der Waals surface area contributed by atoms with Gasteiger partial charge in [0, 0.05) is 36.9 Å². The standard InChI is InChI=1S/C23H21F3N4O3S/c24-23(25,26)17-6-3-7-19(13-17)29-34(32,33)21-14-18(8-9-20(21)30-11-1-2-12-30)28-22(31)16-5-4-10-27-15-16/h3-10,13-15,29H,1-2,11-12H2,(H,28,31). The maximum absolute atomic E-state index is 13.3. The first kappa shape index (κ1) is 23.6. The third-order valence-corrected chi connectivity index (χ3v) is 6.73. The second-order valence-electron chi connectivity index (χ2n) is 7.76. The molecule has 2 aromatic carbocycles. The van der Waals surface area contributed by atoms with Crippen molar-refractivity contribution in [1.29, 1.82) is 0 Å². The Bertz CT molecular complexity index is 1290. The SMILES string of the molecule is O=C(Nc1ccc(N2CCCC2)c(S(=O)(=O)Nc2cccc(C(F)(F)F)c2)c1)c1cccnc1. The van der Waals surface area contributed by atoms with Gasteiger partial charge in [0.05, 0.1) is 16.8 Å². The van der Waals surface area contributed by atoms with Gasteiger partial charge in [-0.3, -0.25) is 14.5 Å². The molecule has 4 rings (SSSR count). The van der Waals surface area contributed by atoms with Gasteiger partial charge in [-0.1, -0.05) is 6.07 Å². The van der Waals surface area contributed by atoms with Crippen LogP contribution < -0.4 is 14.9 Å². The molecule has 178 valence electrons. The summed E-state index contributed by atoms with van der Waals surface area (Å²) >= 11 is 0. The van der Waals surface area contributed by atoms with Crippen molar-refractivity contribution in [1.82, 2.24) is 4.98 Å². The zero-order valence-corrected chi connectivity index (χ0v) is 18.7. The average Bonchev–Trinajstić information content (AvgIpc) is 3.34. The van der Waals surface area contributed by atoms with Gasteiger partial charge in [0.25, 0.3) is 15.9 Å². The van der Waals surface area contributed by atoms with Gasteiger partial charge in [-0.15, -0.1) is 0 Å². The van der Waals surface area contributed by atoms with E-state index < -0.39 is 27.7 Å². The molecule has 3 aromatic rings. The lowest BCUT2D eigenvalue weighted by molar-refractivity contribution is -0.137. The van der Waals surface area contributed by atoms with Crippen molar-refractivity contribution < 1.29 is 26.4 Å². The lowest BCUT2D eigenvalue weighted by Crippen LogP contribution is -2.23. The van der Waals surface area contributed by atoms with Crippen LogP contribution in [0.5, 0.6) is 0 Å². The van der Waals surface area contributed by atoms with E-state index in [0.717, 1.165) is 31.0 Å². The fraction of sp³-hybridized carbons (Fsp3) is 0.217. The van der Waals surface area contributed by atoms with E-state index in [-0.39, 0.29) is 21.8 Å². The van der Waals surface area contributed by atoms with E-state index in [1.807, 2.05) is 4.90 Å². The van der Waals surface area contributed by atoms with Crippen molar-refractivity contribution in [2.75, 3.05) is 28.0 Å². The molecule has 7 nitrogen and oxygen atoms in total. The quantitative estimate of drug-likeness (QED) is 0.520. The van der Waals surface area contributed by atoms with Crippen molar-refractivity contribution in [3.05, 3.63) is 78.1 Å². The molecule has 1 aliphatic rings. The van der Waals surface area contributed by atoms with E-state index in [9.17, 15) is 26.4 Å². The van der Waals surface area contributed by atoms with Crippen molar-refractivity contribution in [2.45, 2.75) is 23.9 Å². The number of alkyl halides is 3. The number of rotatable bonds is 6. The molecule has 11 heteroatoms. The fourth-order valence-corrected chi connectivity index (χ4v) is 5.00. The molecule has 0 unspecified atom stereocenters. The van der Waals surface area contributed by atoms with Gasteiger partial charge in [0.15, 0.2) is 0 Å². The highest BCUT2D eigenvalue weighted by Crippen LogP contribution is 2.34. The summed E-state index contributed by atoms with van der Waals surface area (Å²) in [6.45, 7) is 1.29. The molecule has 0 bridgehead atoms. The van der Waals surface area contributed by atoms with Crippen LogP contribution in [0.3, 0.4) is 0 Å². The summed E-state index contributed by atoms with van der Waals surface area (Å²) in [5, 5.41) is 2.64. The van der Waals surface area contributed by atoms with E-state index >= 15 is 0 Å². The van der Waals surface area contributed by atoms with Crippen LogP contribution in [0.25, 0.3) is 0 Å². The number of carbonyl (C=O) groups is 1. The molecule has 1 fully saturated rings. The summed E-state index contributed by atoms with van der Waals surface area (Å²) < 4.78 is 68.1. The summed E-state index contributed by atoms with van der Waals surface area (Å²) in [5.41, 5.74) is -0.257. The predicted octanol–water partition coefficient (Wildman–Crippen LogP) is 4.75. The Kier molecular flexibility index (Phi) is 6.47. The van der Waals surface area contributed by atoms with Gasteiger partial charge in [-0.2, -0.15) is 13.2 Å². The second-order valence-corrected chi connectivity index (χ2v) is 9.41. The Morgan fingerprint density at radius 2 is 1.74 bits per heavy atom. The van der Waals surface area contributed by atoms with E-state index in [1.165, 1.54) is 24.5 Å². The van der Waals surface area contributed by atoms with Gasteiger partial charge in [0.2, 0.25) is 0 Å². The second kappa shape index (κ2) is 9.34. The topological polar surface area (TPSA) is 91.4 Å². The lowest BCUT2D eigenvalue weighted by Gasteiger charge is -2.22. The molecular formula is C23H21F3N4O3S. The highest BCUT2D eigenvalue weighted by Gasteiger charge is 2.31. The third kappa shape index (κ3) is 5.30. The Hall–Kier alpha value is -3.60. The van der Waals surface area contributed by atoms with Crippen molar-refractivity contribution in [3.63, 3.8) is 0 Å². The number of amides is 1. The minimum Gasteiger partial charge on any atom is -0.370 e. The van der Waals surface area contributed by atoms with Crippen LogP contribution in [-0.2, 0) is 16.2 Å². The number of aromatic nitrogens is 1. The molecule has 34 heavy (non-hydrogen) atoms. The summed E-state index contributed by atoms with van der Waals surface area (Å²) in [4.78, 5) is 18.1. The molecule has 2 heterocycles. The Labute approximate surface area is 194 Å². The molecule has 0 saturated carbocycles. The van der Waals surface area contributed by atoms with Crippen molar-refractivity contribution in [3.8, 4) is 0 Å². The smallest absolute Gasteiger partial charge is 0.370 e. The van der Waals surface area contributed by atoms with Crippen LogP contribution in [0.4, 0.5) is 30.2 Å². The number of benzene rings is 2. The Morgan fingerprint density at radius 3 is 2.41 bits per heavy atom. The first-order valence-electron chi connectivity index (χ1n) is 10.4. The molecule has 2 N–H and O–H groups in total. The first-order chi connectivity index (χ1) is 16.1. The van der Waals surface area contributed by atoms with Gasteiger partial charge >= 0.3 is 6.18 Å². The molecule has 1 aromatic heterocycles. The Morgan fingerprint density at radius 1 is 0.971 bits per heavy atom. The molecule has 1 amide bonds. The Balaban J connectivity index is 1.69. The molecule has 0 radical (unpaired) electrons. The predicted molar refractivity (Wildman–Crippen MR) is 122 cm³/mol. The molecule has 1 saturated heterocycles. The zero-order valence-electron chi connectivity index (χ0n) is 17.8. The maximum Gasteiger partial charge on any atom is 0.416 e. The number of halogens is 3. The summed E-state index contributed by atoms with van der Waals surface area (Å²) in [6, 6.07) is 11.6. The zero-order chi connectivity index (χ0) is 24.3. The number of carbonyl (C=O) groups excluding carboxylic acids is 1. The monoisotopic (exact) mass is 490 g/mol. The average molecular weight is 491 g/mol. The van der Waals surface area contributed by atoms with Crippen LogP contribution in [-0.4, -0.2) is 32.4 Å². The van der Waals surface area contributed by atoms with E-state index in [1.54, 1.807) is 24.3 Å². The number of hydrogen-bond donors (Lipinski definition) is 2. The number of sulfonamides is 1. The van der Waals surface area contributed by atoms with Gasteiger partial charge < -0.3 is 10.2 Å². The minimum atomic E-state index is -4.61. The number of hydrogen-bond acceptors (Lipinski definition) is 5. The molecule has 0 aliphatic carbocycles. The number of anilines is 3. The molecular weight excluding hydrogens is 469 g/mol. The minimum absolute atomic E-state index is 0.143. The number of pyridine rings is 1. The van der Waals surface area contributed by atoms with Crippen LogP contribution in [0, 0.1) is 0 Å². The first-order valence-corrected chi connectivity index (χ1v) is 11.9. The van der Waals surface area contributed by atoms with Crippen molar-refractivity contribution in [2.24, 2.45) is 0 Å². The van der Waals surface area contributed by atoms with Crippen LogP contribution in [0.2, 0.25) is 0 Å². The van der Waals surface area contributed by atoms with Crippen molar-refractivity contribution >= 4 is 33.0 Å². The van der Waals surface area contributed by atoms with E-state index in [4.69, 9.17) is 0 Å². The largest absolute Gasteiger partial charge is 0.416 e. The molecule has 1 aliphatic heterocycles. The summed E-state index contributed by atoms with van der Waals surface area (Å²) in [7, 11) is -4.29. The highest BCUT2D eigenvalue weighted by atomic mass is 32.2.